The maximum Gasteiger partial charge on any atom is 0.241 e. The van der Waals surface area contributed by atoms with E-state index < -0.39 is 12.2 Å². The van der Waals surface area contributed by atoms with Gasteiger partial charge in [-0.2, -0.15) is 5.10 Å². The Labute approximate surface area is 122 Å². The van der Waals surface area contributed by atoms with Crippen LogP contribution in [0.5, 0.6) is 0 Å². The van der Waals surface area contributed by atoms with E-state index in [1.165, 1.54) is 0 Å². The number of anilines is 1. The molecule has 1 saturated heterocycles. The SMILES string of the molecule is Cn1nccc1-c1cccc(NC(=O)[C@H]2C[C@H](F)CN2)c1. The monoisotopic (exact) mass is 288 g/mol. The number of carbonyl (C=O) groups is 1. The van der Waals surface area contributed by atoms with Crippen LogP contribution in [-0.4, -0.2) is 34.4 Å². The first-order valence-electron chi connectivity index (χ1n) is 6.90. The topological polar surface area (TPSA) is 59.0 Å². The van der Waals surface area contributed by atoms with Crippen LogP contribution in [0.2, 0.25) is 0 Å². The van der Waals surface area contributed by atoms with E-state index in [1.54, 1.807) is 10.9 Å². The average molecular weight is 288 g/mol. The molecule has 2 atom stereocenters. The summed E-state index contributed by atoms with van der Waals surface area (Å²) >= 11 is 0. The molecule has 1 aliphatic heterocycles. The molecule has 2 heterocycles. The van der Waals surface area contributed by atoms with Crippen molar-refractivity contribution in [2.24, 2.45) is 7.05 Å². The third kappa shape index (κ3) is 2.95. The first-order valence-corrected chi connectivity index (χ1v) is 6.90. The van der Waals surface area contributed by atoms with Crippen LogP contribution in [0.4, 0.5) is 10.1 Å². The minimum Gasteiger partial charge on any atom is -0.325 e. The van der Waals surface area contributed by atoms with Crippen molar-refractivity contribution in [3.8, 4) is 11.3 Å². The number of carbonyl (C=O) groups excluding carboxylic acids is 1. The zero-order chi connectivity index (χ0) is 14.8. The number of aromatic nitrogens is 2. The Kier molecular flexibility index (Phi) is 3.70. The molecule has 5 nitrogen and oxygen atoms in total. The van der Waals surface area contributed by atoms with Crippen molar-refractivity contribution in [2.45, 2.75) is 18.6 Å². The summed E-state index contributed by atoms with van der Waals surface area (Å²) in [4.78, 5) is 12.1. The van der Waals surface area contributed by atoms with Crippen LogP contribution in [0.3, 0.4) is 0 Å². The molecule has 0 spiro atoms. The van der Waals surface area contributed by atoms with Crippen LogP contribution < -0.4 is 10.6 Å². The molecule has 110 valence electrons. The van der Waals surface area contributed by atoms with Gasteiger partial charge < -0.3 is 10.6 Å². The molecule has 1 amide bonds. The zero-order valence-electron chi connectivity index (χ0n) is 11.7. The lowest BCUT2D eigenvalue weighted by molar-refractivity contribution is -0.117. The number of halogens is 1. The number of benzene rings is 1. The molecule has 2 N–H and O–H groups in total. The Morgan fingerprint density at radius 3 is 3.00 bits per heavy atom. The molecule has 0 bridgehead atoms. The first-order chi connectivity index (χ1) is 10.1. The Balaban J connectivity index is 1.75. The van der Waals surface area contributed by atoms with E-state index in [1.807, 2.05) is 37.4 Å². The summed E-state index contributed by atoms with van der Waals surface area (Å²) in [6.07, 6.45) is 1.01. The quantitative estimate of drug-likeness (QED) is 0.904. The summed E-state index contributed by atoms with van der Waals surface area (Å²) in [6.45, 7) is 0.243. The van der Waals surface area contributed by atoms with Gasteiger partial charge in [0.05, 0.1) is 11.7 Å². The molecule has 0 unspecified atom stereocenters. The van der Waals surface area contributed by atoms with Gasteiger partial charge in [0.15, 0.2) is 0 Å². The molecule has 1 aliphatic rings. The van der Waals surface area contributed by atoms with Gasteiger partial charge in [-0.15, -0.1) is 0 Å². The number of hydrogen-bond donors (Lipinski definition) is 2. The minimum absolute atomic E-state index is 0.197. The fourth-order valence-corrected chi connectivity index (χ4v) is 2.54. The number of aryl methyl sites for hydroxylation is 1. The van der Waals surface area contributed by atoms with Gasteiger partial charge in [-0.3, -0.25) is 9.48 Å². The molecule has 0 aliphatic carbocycles. The summed E-state index contributed by atoms with van der Waals surface area (Å²) in [5.74, 6) is -0.197. The third-order valence-corrected chi connectivity index (χ3v) is 3.64. The van der Waals surface area contributed by atoms with Crippen molar-refractivity contribution in [1.82, 2.24) is 15.1 Å². The minimum atomic E-state index is -0.943. The number of amides is 1. The van der Waals surface area contributed by atoms with Gasteiger partial charge in [0.1, 0.15) is 6.17 Å². The van der Waals surface area contributed by atoms with E-state index in [0.717, 1.165) is 11.3 Å². The van der Waals surface area contributed by atoms with Crippen LogP contribution in [0.25, 0.3) is 11.3 Å². The van der Waals surface area contributed by atoms with Crippen molar-refractivity contribution < 1.29 is 9.18 Å². The van der Waals surface area contributed by atoms with Gasteiger partial charge in [0, 0.05) is 37.5 Å². The van der Waals surface area contributed by atoms with Crippen LogP contribution >= 0.6 is 0 Å². The fraction of sp³-hybridized carbons (Fsp3) is 0.333. The fourth-order valence-electron chi connectivity index (χ4n) is 2.54. The van der Waals surface area contributed by atoms with E-state index >= 15 is 0 Å². The Morgan fingerprint density at radius 1 is 1.48 bits per heavy atom. The van der Waals surface area contributed by atoms with Crippen molar-refractivity contribution in [3.05, 3.63) is 36.5 Å². The highest BCUT2D eigenvalue weighted by molar-refractivity contribution is 5.95. The van der Waals surface area contributed by atoms with E-state index in [2.05, 4.69) is 15.7 Å². The summed E-state index contributed by atoms with van der Waals surface area (Å²) in [7, 11) is 1.87. The molecule has 1 fully saturated rings. The zero-order valence-corrected chi connectivity index (χ0v) is 11.7. The lowest BCUT2D eigenvalue weighted by Gasteiger charge is -2.12. The summed E-state index contributed by atoms with van der Waals surface area (Å²) in [6, 6.07) is 8.99. The molecule has 3 rings (SSSR count). The summed E-state index contributed by atoms with van der Waals surface area (Å²) in [5, 5.41) is 9.84. The summed E-state index contributed by atoms with van der Waals surface area (Å²) in [5.41, 5.74) is 2.63. The number of rotatable bonds is 3. The second kappa shape index (κ2) is 5.65. The highest BCUT2D eigenvalue weighted by Gasteiger charge is 2.29. The molecule has 1 aromatic heterocycles. The van der Waals surface area contributed by atoms with Crippen molar-refractivity contribution in [1.29, 1.82) is 0 Å². The first kappa shape index (κ1) is 13.8. The average Bonchev–Trinajstić information content (AvgIpc) is 3.08. The number of hydrogen-bond acceptors (Lipinski definition) is 3. The van der Waals surface area contributed by atoms with Gasteiger partial charge in [-0.25, -0.2) is 4.39 Å². The maximum absolute atomic E-state index is 13.1. The molecule has 21 heavy (non-hydrogen) atoms. The second-order valence-electron chi connectivity index (χ2n) is 5.20. The Morgan fingerprint density at radius 2 is 2.33 bits per heavy atom. The number of alkyl halides is 1. The van der Waals surface area contributed by atoms with Crippen LogP contribution in [0, 0.1) is 0 Å². The van der Waals surface area contributed by atoms with Gasteiger partial charge in [0.2, 0.25) is 5.91 Å². The van der Waals surface area contributed by atoms with Gasteiger partial charge >= 0.3 is 0 Å². The molecule has 1 aromatic carbocycles. The van der Waals surface area contributed by atoms with Gasteiger partial charge in [-0.1, -0.05) is 12.1 Å². The van der Waals surface area contributed by atoms with Crippen molar-refractivity contribution >= 4 is 11.6 Å². The predicted octanol–water partition coefficient (Wildman–Crippen LogP) is 1.73. The number of nitrogens with zero attached hydrogens (tertiary/aromatic N) is 2. The standard InChI is InChI=1S/C15H17FN4O/c1-20-14(5-6-18-20)10-3-2-4-12(7-10)19-15(21)13-8-11(16)9-17-13/h2-7,11,13,17H,8-9H2,1H3,(H,19,21)/t11-,13+/m0/s1. The van der Waals surface area contributed by atoms with Crippen LogP contribution in [0.1, 0.15) is 6.42 Å². The smallest absolute Gasteiger partial charge is 0.241 e. The second-order valence-corrected chi connectivity index (χ2v) is 5.20. The third-order valence-electron chi connectivity index (χ3n) is 3.64. The molecular formula is C15H17FN4O. The molecule has 2 aromatic rings. The lowest BCUT2D eigenvalue weighted by atomic mass is 10.1. The summed E-state index contributed by atoms with van der Waals surface area (Å²) < 4.78 is 14.9. The van der Waals surface area contributed by atoms with Gasteiger partial charge in [-0.05, 0) is 18.2 Å². The van der Waals surface area contributed by atoms with E-state index in [0.29, 0.717) is 5.69 Å². The molecule has 0 saturated carbocycles. The predicted molar refractivity (Wildman–Crippen MR) is 78.6 cm³/mol. The largest absolute Gasteiger partial charge is 0.325 e. The van der Waals surface area contributed by atoms with E-state index in [4.69, 9.17) is 0 Å². The molecular weight excluding hydrogens is 271 g/mol. The van der Waals surface area contributed by atoms with Crippen molar-refractivity contribution in [2.75, 3.05) is 11.9 Å². The number of nitrogens with one attached hydrogen (secondary N) is 2. The highest BCUT2D eigenvalue weighted by Crippen LogP contribution is 2.22. The Hall–Kier alpha value is -2.21. The van der Waals surface area contributed by atoms with Crippen LogP contribution in [-0.2, 0) is 11.8 Å². The normalized spacial score (nSPS) is 21.4. The lowest BCUT2D eigenvalue weighted by Crippen LogP contribution is -2.35. The van der Waals surface area contributed by atoms with Crippen molar-refractivity contribution in [3.63, 3.8) is 0 Å². The Bertz CT molecular complexity index is 655. The van der Waals surface area contributed by atoms with E-state index in [9.17, 15) is 9.18 Å². The highest BCUT2D eigenvalue weighted by atomic mass is 19.1. The van der Waals surface area contributed by atoms with Crippen LogP contribution in [0.15, 0.2) is 36.5 Å². The van der Waals surface area contributed by atoms with Gasteiger partial charge in [0.25, 0.3) is 0 Å². The molecule has 0 radical (unpaired) electrons. The van der Waals surface area contributed by atoms with E-state index in [-0.39, 0.29) is 18.9 Å². The molecule has 6 heteroatoms. The maximum atomic E-state index is 13.1.